The predicted octanol–water partition coefficient (Wildman–Crippen LogP) is 3.26. The van der Waals surface area contributed by atoms with Crippen LogP contribution in [0, 0.1) is 0 Å². The van der Waals surface area contributed by atoms with Crippen LogP contribution in [0.5, 0.6) is 0 Å². The summed E-state index contributed by atoms with van der Waals surface area (Å²) in [6.07, 6.45) is 5.71. The fourth-order valence-corrected chi connectivity index (χ4v) is 3.35. The molecule has 1 aromatic rings. The molecule has 1 unspecified atom stereocenters. The van der Waals surface area contributed by atoms with Crippen molar-refractivity contribution in [1.29, 1.82) is 0 Å². The first-order valence-electron chi connectivity index (χ1n) is 6.30. The smallest absolute Gasteiger partial charge is 0.256 e. The molecule has 2 aliphatic rings. The van der Waals surface area contributed by atoms with E-state index < -0.39 is 5.54 Å². The van der Waals surface area contributed by atoms with Crippen molar-refractivity contribution in [1.82, 2.24) is 4.90 Å². The Balaban J connectivity index is 1.83. The fourth-order valence-electron chi connectivity index (χ4n) is 2.76. The molecule has 1 aliphatic carbocycles. The maximum absolute atomic E-state index is 12.5. The summed E-state index contributed by atoms with van der Waals surface area (Å²) in [5.41, 5.74) is 0.633. The van der Waals surface area contributed by atoms with Crippen LogP contribution in [0.4, 0.5) is 0 Å². The Labute approximate surface area is 115 Å². The summed E-state index contributed by atoms with van der Waals surface area (Å²) in [6.45, 7) is 0. The molecule has 3 rings (SSSR count). The number of amides is 1. The third-order valence-electron chi connectivity index (χ3n) is 3.81. The lowest BCUT2D eigenvalue weighted by Crippen LogP contribution is -2.39. The van der Waals surface area contributed by atoms with E-state index in [1.54, 1.807) is 11.2 Å². The Morgan fingerprint density at radius 3 is 2.56 bits per heavy atom. The van der Waals surface area contributed by atoms with Gasteiger partial charge in [-0.05, 0) is 18.4 Å². The molecule has 0 aromatic heterocycles. The van der Waals surface area contributed by atoms with E-state index in [1.165, 1.54) is 0 Å². The molecule has 94 valence electrons. The SMILES string of the molecule is O=C1N(C(Br)c2ccccc2)C=NC12CCCC2. The van der Waals surface area contributed by atoms with Crippen LogP contribution in [0.2, 0.25) is 0 Å². The Kier molecular flexibility index (Phi) is 2.98. The summed E-state index contributed by atoms with van der Waals surface area (Å²) in [5, 5.41) is 0. The van der Waals surface area contributed by atoms with Crippen molar-refractivity contribution in [3.8, 4) is 0 Å². The number of halogens is 1. The standard InChI is InChI=1S/C14H15BrN2O/c15-12(11-6-2-1-3-7-11)17-10-16-14(13(17)18)8-4-5-9-14/h1-3,6-7,10,12H,4-5,8-9H2. The van der Waals surface area contributed by atoms with Gasteiger partial charge in [-0.2, -0.15) is 0 Å². The third-order valence-corrected chi connectivity index (χ3v) is 4.78. The summed E-state index contributed by atoms with van der Waals surface area (Å²) in [4.78, 5) is 18.6. The first-order valence-corrected chi connectivity index (χ1v) is 7.22. The Bertz CT molecular complexity index is 480. The van der Waals surface area contributed by atoms with E-state index >= 15 is 0 Å². The highest BCUT2D eigenvalue weighted by Gasteiger charge is 2.48. The van der Waals surface area contributed by atoms with Gasteiger partial charge in [-0.15, -0.1) is 0 Å². The van der Waals surface area contributed by atoms with E-state index in [4.69, 9.17) is 0 Å². The molecule has 1 fully saturated rings. The maximum Gasteiger partial charge on any atom is 0.256 e. The van der Waals surface area contributed by atoms with Crippen molar-refractivity contribution in [2.24, 2.45) is 4.99 Å². The third kappa shape index (κ3) is 1.79. The van der Waals surface area contributed by atoms with Crippen LogP contribution in [0.3, 0.4) is 0 Å². The van der Waals surface area contributed by atoms with E-state index in [9.17, 15) is 4.79 Å². The summed E-state index contributed by atoms with van der Waals surface area (Å²) >= 11 is 3.60. The van der Waals surface area contributed by atoms with Gasteiger partial charge >= 0.3 is 0 Å². The number of aliphatic imine (C=N–C) groups is 1. The van der Waals surface area contributed by atoms with Crippen molar-refractivity contribution >= 4 is 28.2 Å². The van der Waals surface area contributed by atoms with Gasteiger partial charge in [0.15, 0.2) is 0 Å². The van der Waals surface area contributed by atoms with Crippen molar-refractivity contribution in [2.75, 3.05) is 0 Å². The van der Waals surface area contributed by atoms with Gasteiger partial charge in [0.1, 0.15) is 10.5 Å². The van der Waals surface area contributed by atoms with Crippen LogP contribution < -0.4 is 0 Å². The van der Waals surface area contributed by atoms with E-state index in [2.05, 4.69) is 20.9 Å². The summed E-state index contributed by atoms with van der Waals surface area (Å²) in [5.74, 6) is 0.144. The zero-order chi connectivity index (χ0) is 12.6. The Morgan fingerprint density at radius 1 is 1.22 bits per heavy atom. The van der Waals surface area contributed by atoms with Gasteiger partial charge in [-0.3, -0.25) is 14.7 Å². The second kappa shape index (κ2) is 4.50. The Morgan fingerprint density at radius 2 is 1.89 bits per heavy atom. The van der Waals surface area contributed by atoms with Crippen LogP contribution in [0.25, 0.3) is 0 Å². The quantitative estimate of drug-likeness (QED) is 0.610. The molecule has 1 aromatic carbocycles. The van der Waals surface area contributed by atoms with Crippen LogP contribution in [-0.2, 0) is 4.79 Å². The van der Waals surface area contributed by atoms with Crippen molar-refractivity contribution in [3.05, 3.63) is 35.9 Å². The Hall–Kier alpha value is -1.16. The lowest BCUT2D eigenvalue weighted by atomic mass is 9.98. The molecule has 1 atom stereocenters. The normalized spacial score (nSPS) is 22.9. The molecular formula is C14H15BrN2O. The molecular weight excluding hydrogens is 292 g/mol. The monoisotopic (exact) mass is 306 g/mol. The van der Waals surface area contributed by atoms with E-state index in [0.717, 1.165) is 31.2 Å². The average Bonchev–Trinajstić information content (AvgIpc) is 3.01. The molecule has 0 radical (unpaired) electrons. The highest BCUT2D eigenvalue weighted by atomic mass is 79.9. The minimum Gasteiger partial charge on any atom is -0.284 e. The number of hydrogen-bond acceptors (Lipinski definition) is 2. The van der Waals surface area contributed by atoms with E-state index in [0.29, 0.717) is 0 Å². The van der Waals surface area contributed by atoms with Crippen molar-refractivity contribution in [2.45, 2.75) is 36.2 Å². The van der Waals surface area contributed by atoms with Gasteiger partial charge in [0.25, 0.3) is 5.91 Å². The summed E-state index contributed by atoms with van der Waals surface area (Å²) in [6, 6.07) is 9.96. The van der Waals surface area contributed by atoms with Crippen molar-refractivity contribution in [3.63, 3.8) is 0 Å². The second-order valence-electron chi connectivity index (χ2n) is 4.94. The minimum atomic E-state index is -0.444. The lowest BCUT2D eigenvalue weighted by Gasteiger charge is -2.24. The van der Waals surface area contributed by atoms with E-state index in [-0.39, 0.29) is 10.9 Å². The molecule has 3 nitrogen and oxygen atoms in total. The van der Waals surface area contributed by atoms with Crippen molar-refractivity contribution < 1.29 is 4.79 Å². The maximum atomic E-state index is 12.5. The summed E-state index contributed by atoms with van der Waals surface area (Å²) < 4.78 is 0. The molecule has 1 amide bonds. The van der Waals surface area contributed by atoms with Crippen LogP contribution in [-0.4, -0.2) is 22.7 Å². The molecule has 1 aliphatic heterocycles. The number of carbonyl (C=O) groups excluding carboxylic acids is 1. The number of carbonyl (C=O) groups is 1. The average molecular weight is 307 g/mol. The number of alkyl halides is 1. The fraction of sp³-hybridized carbons (Fsp3) is 0.429. The number of nitrogens with zero attached hydrogens (tertiary/aromatic N) is 2. The highest BCUT2D eigenvalue weighted by Crippen LogP contribution is 2.41. The molecule has 1 saturated carbocycles. The predicted molar refractivity (Wildman–Crippen MR) is 74.6 cm³/mol. The molecule has 0 saturated heterocycles. The van der Waals surface area contributed by atoms with Crippen LogP contribution in [0.15, 0.2) is 35.3 Å². The number of benzene rings is 1. The molecule has 18 heavy (non-hydrogen) atoms. The van der Waals surface area contributed by atoms with Gasteiger partial charge in [0.2, 0.25) is 0 Å². The second-order valence-corrected chi connectivity index (χ2v) is 5.81. The largest absolute Gasteiger partial charge is 0.284 e. The summed E-state index contributed by atoms with van der Waals surface area (Å²) in [7, 11) is 0. The highest BCUT2D eigenvalue weighted by molar-refractivity contribution is 9.09. The van der Waals surface area contributed by atoms with Crippen LogP contribution >= 0.6 is 15.9 Å². The lowest BCUT2D eigenvalue weighted by molar-refractivity contribution is -0.131. The van der Waals surface area contributed by atoms with Gasteiger partial charge < -0.3 is 0 Å². The topological polar surface area (TPSA) is 32.7 Å². The number of hydrogen-bond donors (Lipinski definition) is 0. The molecule has 1 heterocycles. The first-order chi connectivity index (χ1) is 8.73. The van der Waals surface area contributed by atoms with Gasteiger partial charge in [0, 0.05) is 0 Å². The van der Waals surface area contributed by atoms with Gasteiger partial charge in [0.05, 0.1) is 6.34 Å². The zero-order valence-electron chi connectivity index (χ0n) is 10.1. The number of rotatable bonds is 2. The zero-order valence-corrected chi connectivity index (χ0v) is 11.6. The molecule has 4 heteroatoms. The molecule has 0 N–H and O–H groups in total. The molecule has 0 bridgehead atoms. The molecule has 1 spiro atoms. The first kappa shape index (κ1) is 11.9. The van der Waals surface area contributed by atoms with E-state index in [1.807, 2.05) is 30.3 Å². The minimum absolute atomic E-state index is 0.116. The van der Waals surface area contributed by atoms with Gasteiger partial charge in [-0.1, -0.05) is 59.1 Å². The van der Waals surface area contributed by atoms with Gasteiger partial charge in [-0.25, -0.2) is 0 Å². The van der Waals surface area contributed by atoms with Crippen LogP contribution in [0.1, 0.15) is 36.2 Å².